The lowest BCUT2D eigenvalue weighted by atomic mass is 11.2. The summed E-state index contributed by atoms with van der Waals surface area (Å²) in [5, 5.41) is 0. The van der Waals surface area contributed by atoms with Crippen LogP contribution in [0.2, 0.25) is 0 Å². The summed E-state index contributed by atoms with van der Waals surface area (Å²) in [4.78, 5) is 0. The fourth-order valence-corrected chi connectivity index (χ4v) is 0.354. The van der Waals surface area contributed by atoms with Gasteiger partial charge in [0.2, 0.25) is 0 Å². The molecule has 0 bridgehead atoms. The van der Waals surface area contributed by atoms with Crippen molar-refractivity contribution < 1.29 is 13.2 Å². The molecule has 0 aliphatic rings. The molecule has 50 valence electrons. The van der Waals surface area contributed by atoms with E-state index in [-0.39, 0.29) is 6.33 Å². The maximum Gasteiger partial charge on any atom is 0.303 e. The van der Waals surface area contributed by atoms with Gasteiger partial charge in [0.25, 0.3) is 0 Å². The molecule has 0 aliphatic heterocycles. The van der Waals surface area contributed by atoms with Gasteiger partial charge in [-0.15, -0.1) is 0 Å². The number of rotatable bonds is 2. The number of hydrogen-bond acceptors (Lipinski definition) is 2. The van der Waals surface area contributed by atoms with Gasteiger partial charge in [-0.2, -0.15) is 0 Å². The monoisotopic (exact) mass is 138 g/mol. The molecule has 4 heteroatoms. The molecule has 0 saturated heterocycles. The van der Waals surface area contributed by atoms with Crippen molar-refractivity contribution in [1.82, 2.24) is 0 Å². The van der Waals surface area contributed by atoms with Crippen LogP contribution < -0.4 is 0 Å². The predicted molar refractivity (Wildman–Crippen MR) is 33.9 cm³/mol. The highest BCUT2D eigenvalue weighted by molar-refractivity contribution is 6.17. The molecule has 0 rings (SSSR count). The Morgan fingerprint density at radius 3 is 1.75 bits per heavy atom. The zero-order chi connectivity index (χ0) is 6.83. The summed E-state index contributed by atoms with van der Waals surface area (Å²) in [5.41, 5.74) is 0. The quantitative estimate of drug-likeness (QED) is 0.513. The van der Waals surface area contributed by atoms with Gasteiger partial charge >= 0.3 is 10.0 Å². The van der Waals surface area contributed by atoms with E-state index in [0.29, 0.717) is 0 Å². The SMILES string of the molecule is C=CF.CO[SiH2]OC. The molecule has 0 saturated carbocycles. The van der Waals surface area contributed by atoms with Crippen molar-refractivity contribution in [2.75, 3.05) is 14.2 Å². The Balaban J connectivity index is 0. The van der Waals surface area contributed by atoms with Crippen molar-refractivity contribution in [3.05, 3.63) is 12.9 Å². The topological polar surface area (TPSA) is 18.5 Å². The minimum atomic E-state index is -0.568. The minimum absolute atomic E-state index is 0.250. The van der Waals surface area contributed by atoms with Crippen LogP contribution in [0.1, 0.15) is 0 Å². The average molecular weight is 138 g/mol. The van der Waals surface area contributed by atoms with E-state index < -0.39 is 10.0 Å². The highest BCUT2D eigenvalue weighted by Crippen LogP contribution is 1.55. The lowest BCUT2D eigenvalue weighted by Gasteiger charge is -1.86. The normalized spacial score (nSPS) is 6.88. The van der Waals surface area contributed by atoms with Gasteiger partial charge in [-0.25, -0.2) is 4.39 Å². The summed E-state index contributed by atoms with van der Waals surface area (Å²) >= 11 is 0. The van der Waals surface area contributed by atoms with E-state index in [4.69, 9.17) is 0 Å². The fourth-order valence-electron chi connectivity index (χ4n) is 0.118. The van der Waals surface area contributed by atoms with E-state index >= 15 is 0 Å². The Hall–Kier alpha value is -0.193. The van der Waals surface area contributed by atoms with Crippen LogP contribution in [0.4, 0.5) is 4.39 Å². The van der Waals surface area contributed by atoms with Crippen LogP contribution in [0, 0.1) is 0 Å². The van der Waals surface area contributed by atoms with E-state index in [0.717, 1.165) is 0 Å². The van der Waals surface area contributed by atoms with Crippen LogP contribution in [-0.4, -0.2) is 24.2 Å². The van der Waals surface area contributed by atoms with Gasteiger partial charge < -0.3 is 8.85 Å². The number of hydrogen-bond donors (Lipinski definition) is 0. The Morgan fingerprint density at radius 1 is 1.50 bits per heavy atom. The third-order valence-electron chi connectivity index (χ3n) is 0.236. The van der Waals surface area contributed by atoms with Gasteiger partial charge in [0.05, 0.1) is 6.33 Å². The van der Waals surface area contributed by atoms with Crippen LogP contribution in [-0.2, 0) is 8.85 Å². The summed E-state index contributed by atoms with van der Waals surface area (Å²) in [7, 11) is 2.73. The van der Waals surface area contributed by atoms with Crippen LogP contribution in [0.3, 0.4) is 0 Å². The molecule has 0 amide bonds. The lowest BCUT2D eigenvalue weighted by Crippen LogP contribution is -1.93. The molecule has 0 aromatic rings. The first-order valence-electron chi connectivity index (χ1n) is 2.02. The second kappa shape index (κ2) is 15.8. The van der Waals surface area contributed by atoms with Crippen molar-refractivity contribution in [3.8, 4) is 0 Å². The highest BCUT2D eigenvalue weighted by Gasteiger charge is 1.67. The molecular formula is C4H11FO2Si. The summed E-state index contributed by atoms with van der Waals surface area (Å²) < 4.78 is 19.3. The maximum atomic E-state index is 10.1. The van der Waals surface area contributed by atoms with E-state index in [2.05, 4.69) is 15.4 Å². The smallest absolute Gasteiger partial charge is 0.303 e. The molecular weight excluding hydrogens is 127 g/mol. The zero-order valence-electron chi connectivity index (χ0n) is 5.19. The van der Waals surface area contributed by atoms with Crippen molar-refractivity contribution in [3.63, 3.8) is 0 Å². The fraction of sp³-hybridized carbons (Fsp3) is 0.500. The Morgan fingerprint density at radius 2 is 1.75 bits per heavy atom. The van der Waals surface area contributed by atoms with Crippen molar-refractivity contribution >= 4 is 10.0 Å². The van der Waals surface area contributed by atoms with E-state index in [1.807, 2.05) is 0 Å². The van der Waals surface area contributed by atoms with E-state index in [9.17, 15) is 4.39 Å². The highest BCUT2D eigenvalue weighted by atomic mass is 28.3. The standard InChI is InChI=1S/C2H3F.C2H8O2Si/c1-2-3;1-3-5-4-2/h2H,1H2;5H2,1-2H3. The molecule has 0 heterocycles. The second-order valence-electron chi connectivity index (χ2n) is 0.850. The first kappa shape index (κ1) is 10.7. The van der Waals surface area contributed by atoms with Gasteiger partial charge in [-0.3, -0.25) is 0 Å². The van der Waals surface area contributed by atoms with Gasteiger partial charge in [-0.1, -0.05) is 6.58 Å². The molecule has 0 aliphatic carbocycles. The first-order chi connectivity index (χ1) is 3.83. The van der Waals surface area contributed by atoms with Gasteiger partial charge in [0.1, 0.15) is 0 Å². The zero-order valence-corrected chi connectivity index (χ0v) is 6.60. The molecule has 0 spiro atoms. The molecule has 8 heavy (non-hydrogen) atoms. The van der Waals surface area contributed by atoms with Crippen LogP contribution >= 0.6 is 0 Å². The third kappa shape index (κ3) is 41.1. The Bertz CT molecular complexity index is 41.0. The second-order valence-corrected chi connectivity index (χ2v) is 2.24. The molecule has 0 N–H and O–H groups in total. The molecule has 2 nitrogen and oxygen atoms in total. The van der Waals surface area contributed by atoms with Crippen molar-refractivity contribution in [2.24, 2.45) is 0 Å². The molecule has 0 aromatic carbocycles. The predicted octanol–water partition coefficient (Wildman–Crippen LogP) is 0.377. The summed E-state index contributed by atoms with van der Waals surface area (Å²) in [6, 6.07) is 0. The Labute approximate surface area is 51.4 Å². The molecule has 0 unspecified atom stereocenters. The summed E-state index contributed by atoms with van der Waals surface area (Å²) in [6.45, 7) is 2.69. The molecule has 0 aromatic heterocycles. The average Bonchev–Trinajstić information content (AvgIpc) is 1.71. The summed E-state index contributed by atoms with van der Waals surface area (Å²) in [5.74, 6) is 0. The van der Waals surface area contributed by atoms with E-state index in [1.54, 1.807) is 14.2 Å². The minimum Gasteiger partial charge on any atom is -0.402 e. The van der Waals surface area contributed by atoms with Crippen molar-refractivity contribution in [2.45, 2.75) is 0 Å². The van der Waals surface area contributed by atoms with Gasteiger partial charge in [-0.05, 0) is 0 Å². The molecule has 0 radical (unpaired) electrons. The van der Waals surface area contributed by atoms with Crippen LogP contribution in [0.25, 0.3) is 0 Å². The lowest BCUT2D eigenvalue weighted by molar-refractivity contribution is 0.309. The van der Waals surface area contributed by atoms with Crippen LogP contribution in [0.15, 0.2) is 12.9 Å². The first-order valence-corrected chi connectivity index (χ1v) is 3.18. The van der Waals surface area contributed by atoms with E-state index in [1.165, 1.54) is 0 Å². The Kier molecular flexibility index (Phi) is 21.2. The molecule has 0 fully saturated rings. The maximum absolute atomic E-state index is 10.1. The third-order valence-corrected chi connectivity index (χ3v) is 0.707. The van der Waals surface area contributed by atoms with Crippen LogP contribution in [0.5, 0.6) is 0 Å². The summed E-state index contributed by atoms with van der Waals surface area (Å²) in [6.07, 6.45) is 0.250. The van der Waals surface area contributed by atoms with Gasteiger partial charge in [0.15, 0.2) is 0 Å². The van der Waals surface area contributed by atoms with Crippen molar-refractivity contribution in [1.29, 1.82) is 0 Å². The molecule has 0 atom stereocenters. The van der Waals surface area contributed by atoms with Gasteiger partial charge in [0, 0.05) is 14.2 Å². The number of halogens is 1. The largest absolute Gasteiger partial charge is 0.402 e.